The van der Waals surface area contributed by atoms with Crippen LogP contribution in [-0.4, -0.2) is 20.5 Å². The summed E-state index contributed by atoms with van der Waals surface area (Å²) in [6.07, 6.45) is 3.36. The Hall–Kier alpha value is -3.95. The van der Waals surface area contributed by atoms with Gasteiger partial charge in [0.1, 0.15) is 0 Å². The highest BCUT2D eigenvalue weighted by Gasteiger charge is 2.19. The molecule has 0 fully saturated rings. The molecule has 0 saturated carbocycles. The number of amides is 1. The lowest BCUT2D eigenvalue weighted by Crippen LogP contribution is -2.29. The molecule has 136 valence electrons. The lowest BCUT2D eigenvalue weighted by Gasteiger charge is -2.17. The Balaban J connectivity index is 1.71. The molecule has 2 heterocycles. The molecule has 4 rings (SSSR count). The molecule has 0 saturated heterocycles. The van der Waals surface area contributed by atoms with Crippen molar-refractivity contribution in [3.05, 3.63) is 90.5 Å². The molecule has 2 aromatic carbocycles. The van der Waals surface area contributed by atoms with E-state index in [1.54, 1.807) is 24.7 Å². The molecule has 0 bridgehead atoms. The van der Waals surface area contributed by atoms with Crippen molar-refractivity contribution in [2.24, 2.45) is 0 Å². The second-order valence-electron chi connectivity index (χ2n) is 6.29. The summed E-state index contributed by atoms with van der Waals surface area (Å²) in [5.74, 6) is -0.483. The maximum absolute atomic E-state index is 12.8. The predicted octanol–water partition coefficient (Wildman–Crippen LogP) is 3.84. The van der Waals surface area contributed by atoms with Crippen LogP contribution < -0.4 is 5.06 Å². The third-order valence-electron chi connectivity index (χ3n) is 4.57. The Kier molecular flexibility index (Phi) is 4.58. The first-order valence-electron chi connectivity index (χ1n) is 8.69. The molecule has 1 N–H and O–H groups in total. The average Bonchev–Trinajstić information content (AvgIpc) is 3.23. The second kappa shape index (κ2) is 7.35. The highest BCUT2D eigenvalue weighted by molar-refractivity contribution is 5.93. The lowest BCUT2D eigenvalue weighted by molar-refractivity contribution is -0.123. The summed E-state index contributed by atoms with van der Waals surface area (Å²) in [6.45, 7) is 0. The maximum Gasteiger partial charge on any atom is 0.256 e. The zero-order valence-corrected chi connectivity index (χ0v) is 14.9. The lowest BCUT2D eigenvalue weighted by atomic mass is 10.0. The molecule has 0 atom stereocenters. The Morgan fingerprint density at radius 1 is 1.07 bits per heavy atom. The number of anilines is 1. The summed E-state index contributed by atoms with van der Waals surface area (Å²) in [6, 6.07) is 21.8. The van der Waals surface area contributed by atoms with Crippen molar-refractivity contribution in [3.8, 4) is 17.2 Å². The molecule has 0 radical (unpaired) electrons. The van der Waals surface area contributed by atoms with E-state index in [0.29, 0.717) is 16.3 Å². The van der Waals surface area contributed by atoms with Crippen LogP contribution in [0.4, 0.5) is 5.69 Å². The number of pyridine rings is 1. The minimum atomic E-state index is -0.483. The molecule has 2 aromatic heterocycles. The number of carbonyl (C=O) groups excluding carboxylic acids is 1. The van der Waals surface area contributed by atoms with E-state index in [0.717, 1.165) is 22.3 Å². The molecule has 0 unspecified atom stereocenters. The standard InChI is InChI=1S/C22H16N4O2/c23-13-16-6-8-18(9-7-16)26(28)22(27)12-21-20(17-4-2-1-3-5-17)11-10-19-14-24-15-25(19)21/h1-11,14-15,28H,12H2. The van der Waals surface area contributed by atoms with Gasteiger partial charge in [-0.1, -0.05) is 36.4 Å². The van der Waals surface area contributed by atoms with Crippen LogP contribution in [0.15, 0.2) is 79.3 Å². The van der Waals surface area contributed by atoms with E-state index in [-0.39, 0.29) is 6.42 Å². The quantitative estimate of drug-likeness (QED) is 0.438. The third-order valence-corrected chi connectivity index (χ3v) is 4.57. The fourth-order valence-corrected chi connectivity index (χ4v) is 3.15. The number of fused-ring (bicyclic) bond motifs is 1. The van der Waals surface area contributed by atoms with Gasteiger partial charge in [-0.25, -0.2) is 4.98 Å². The number of rotatable bonds is 4. The van der Waals surface area contributed by atoms with Crippen molar-refractivity contribution in [2.45, 2.75) is 6.42 Å². The van der Waals surface area contributed by atoms with Crippen molar-refractivity contribution in [1.29, 1.82) is 5.26 Å². The Morgan fingerprint density at radius 2 is 1.82 bits per heavy atom. The van der Waals surface area contributed by atoms with Crippen molar-refractivity contribution in [2.75, 3.05) is 5.06 Å². The molecule has 4 aromatic rings. The van der Waals surface area contributed by atoms with Gasteiger partial charge in [0.25, 0.3) is 5.91 Å². The van der Waals surface area contributed by atoms with E-state index in [1.165, 1.54) is 12.1 Å². The summed E-state index contributed by atoms with van der Waals surface area (Å²) < 4.78 is 1.85. The van der Waals surface area contributed by atoms with E-state index in [9.17, 15) is 10.0 Å². The third kappa shape index (κ3) is 3.22. The number of nitrogens with zero attached hydrogens (tertiary/aromatic N) is 4. The van der Waals surface area contributed by atoms with E-state index >= 15 is 0 Å². The van der Waals surface area contributed by atoms with Crippen LogP contribution in [0.3, 0.4) is 0 Å². The van der Waals surface area contributed by atoms with Crippen LogP contribution in [0, 0.1) is 11.3 Å². The van der Waals surface area contributed by atoms with Crippen molar-refractivity contribution in [3.63, 3.8) is 0 Å². The van der Waals surface area contributed by atoms with E-state index in [2.05, 4.69) is 4.98 Å². The van der Waals surface area contributed by atoms with Crippen LogP contribution in [0.25, 0.3) is 16.6 Å². The highest BCUT2D eigenvalue weighted by Crippen LogP contribution is 2.26. The summed E-state index contributed by atoms with van der Waals surface area (Å²) in [7, 11) is 0. The number of nitriles is 1. The number of benzene rings is 2. The summed E-state index contributed by atoms with van der Waals surface area (Å²) in [5.41, 5.74) is 4.24. The zero-order valence-electron chi connectivity index (χ0n) is 14.9. The molecule has 0 aliphatic carbocycles. The van der Waals surface area contributed by atoms with Gasteiger partial charge in [-0.3, -0.25) is 10.0 Å². The molecule has 6 nitrogen and oxygen atoms in total. The summed E-state index contributed by atoms with van der Waals surface area (Å²) in [4.78, 5) is 17.0. The number of hydroxylamine groups is 1. The van der Waals surface area contributed by atoms with E-state index in [4.69, 9.17) is 5.26 Å². The van der Waals surface area contributed by atoms with Crippen molar-refractivity contribution < 1.29 is 10.0 Å². The first-order valence-corrected chi connectivity index (χ1v) is 8.69. The second-order valence-corrected chi connectivity index (χ2v) is 6.29. The zero-order chi connectivity index (χ0) is 19.5. The summed E-state index contributed by atoms with van der Waals surface area (Å²) in [5, 5.41) is 19.9. The molecule has 0 spiro atoms. The average molecular weight is 368 g/mol. The van der Waals surface area contributed by atoms with Crippen LogP contribution >= 0.6 is 0 Å². The van der Waals surface area contributed by atoms with Crippen LogP contribution in [0.1, 0.15) is 11.3 Å². The van der Waals surface area contributed by atoms with E-state index in [1.807, 2.05) is 52.9 Å². The molecule has 0 aliphatic heterocycles. The minimum absolute atomic E-state index is 0.0194. The predicted molar refractivity (Wildman–Crippen MR) is 105 cm³/mol. The summed E-state index contributed by atoms with van der Waals surface area (Å²) >= 11 is 0. The Labute approximate surface area is 161 Å². The van der Waals surface area contributed by atoms with Crippen LogP contribution in [0.5, 0.6) is 0 Å². The first-order chi connectivity index (χ1) is 13.7. The number of carbonyl (C=O) groups is 1. The largest absolute Gasteiger partial charge is 0.302 e. The van der Waals surface area contributed by atoms with Crippen molar-refractivity contribution >= 4 is 17.1 Å². The van der Waals surface area contributed by atoms with Crippen LogP contribution in [0.2, 0.25) is 0 Å². The highest BCUT2D eigenvalue weighted by atomic mass is 16.5. The van der Waals surface area contributed by atoms with Crippen molar-refractivity contribution in [1.82, 2.24) is 9.38 Å². The van der Waals surface area contributed by atoms with Gasteiger partial charge in [0.2, 0.25) is 0 Å². The van der Waals surface area contributed by atoms with Gasteiger partial charge >= 0.3 is 0 Å². The molecular formula is C22H16N4O2. The van der Waals surface area contributed by atoms with Gasteiger partial charge < -0.3 is 4.40 Å². The van der Waals surface area contributed by atoms with Gasteiger partial charge in [-0.2, -0.15) is 10.3 Å². The number of imidazole rings is 1. The normalized spacial score (nSPS) is 10.6. The van der Waals surface area contributed by atoms with Gasteiger partial charge in [0.15, 0.2) is 0 Å². The van der Waals surface area contributed by atoms with E-state index < -0.39 is 5.91 Å². The minimum Gasteiger partial charge on any atom is -0.302 e. The SMILES string of the molecule is N#Cc1ccc(N(O)C(=O)Cc2c(-c3ccccc3)ccc3cncn23)cc1. The van der Waals surface area contributed by atoms with Gasteiger partial charge in [0.05, 0.1) is 41.8 Å². The van der Waals surface area contributed by atoms with Crippen LogP contribution in [-0.2, 0) is 11.2 Å². The first kappa shape index (κ1) is 17.5. The monoisotopic (exact) mass is 368 g/mol. The van der Waals surface area contributed by atoms with Gasteiger partial charge in [-0.15, -0.1) is 0 Å². The number of hydrogen-bond acceptors (Lipinski definition) is 4. The Morgan fingerprint density at radius 3 is 2.54 bits per heavy atom. The number of hydrogen-bond donors (Lipinski definition) is 1. The number of aromatic nitrogens is 2. The Bertz CT molecular complexity index is 1170. The molecule has 0 aliphatic rings. The molecule has 28 heavy (non-hydrogen) atoms. The molecular weight excluding hydrogens is 352 g/mol. The fraction of sp³-hybridized carbons (Fsp3) is 0.0455. The smallest absolute Gasteiger partial charge is 0.256 e. The van der Waals surface area contributed by atoms with Gasteiger partial charge in [-0.05, 0) is 35.9 Å². The topological polar surface area (TPSA) is 81.6 Å². The molecule has 6 heteroatoms. The molecule has 1 amide bonds. The maximum atomic E-state index is 12.8. The fourth-order valence-electron chi connectivity index (χ4n) is 3.15. The van der Waals surface area contributed by atoms with Gasteiger partial charge in [0, 0.05) is 11.3 Å².